The fourth-order valence-corrected chi connectivity index (χ4v) is 0.437. The Morgan fingerprint density at radius 3 is 2.15 bits per heavy atom. The first-order valence-corrected chi connectivity index (χ1v) is 4.86. The maximum absolute atomic E-state index is 10.5. The maximum atomic E-state index is 10.5. The van der Waals surface area contributed by atoms with Gasteiger partial charge in [-0.3, -0.25) is 4.79 Å². The van der Waals surface area contributed by atoms with Gasteiger partial charge in [0.05, 0.1) is 6.61 Å². The highest BCUT2D eigenvalue weighted by atomic mass is 127. The molecule has 0 spiro atoms. The van der Waals surface area contributed by atoms with Gasteiger partial charge in [-0.05, 0) is 13.8 Å². The standard InChI is InChI=1S/C5H9IO2.C3H4O2/c1-3-8-5(7)4(2)6;1-2-3(4)5/h4H,3H2,1-2H3;2H,1H2,(H,4,5). The normalized spacial score (nSPS) is 10.4. The highest BCUT2D eigenvalue weighted by Gasteiger charge is 2.06. The van der Waals surface area contributed by atoms with Crippen LogP contribution in [0.5, 0.6) is 0 Å². The maximum Gasteiger partial charge on any atom is 0.327 e. The average molecular weight is 300 g/mol. The van der Waals surface area contributed by atoms with Crippen LogP contribution in [0.3, 0.4) is 0 Å². The van der Waals surface area contributed by atoms with E-state index in [2.05, 4.69) is 11.3 Å². The summed E-state index contributed by atoms with van der Waals surface area (Å²) < 4.78 is 4.64. The van der Waals surface area contributed by atoms with E-state index >= 15 is 0 Å². The van der Waals surface area contributed by atoms with Gasteiger partial charge in [-0.1, -0.05) is 29.2 Å². The molecule has 0 aliphatic carbocycles. The zero-order valence-electron chi connectivity index (χ0n) is 7.62. The molecule has 0 saturated heterocycles. The molecule has 0 aromatic carbocycles. The van der Waals surface area contributed by atoms with Gasteiger partial charge in [0.15, 0.2) is 0 Å². The van der Waals surface area contributed by atoms with Crippen molar-refractivity contribution in [3.63, 3.8) is 0 Å². The third kappa shape index (κ3) is 14.3. The Labute approximate surface area is 91.1 Å². The van der Waals surface area contributed by atoms with E-state index in [4.69, 9.17) is 5.11 Å². The number of alkyl halides is 1. The second-order valence-corrected chi connectivity index (χ2v) is 3.78. The van der Waals surface area contributed by atoms with Crippen LogP contribution in [-0.2, 0) is 14.3 Å². The van der Waals surface area contributed by atoms with E-state index in [-0.39, 0.29) is 9.89 Å². The summed E-state index contributed by atoms with van der Waals surface area (Å²) in [4.78, 5) is 19.8. The van der Waals surface area contributed by atoms with Crippen molar-refractivity contribution in [2.24, 2.45) is 0 Å². The molecule has 0 radical (unpaired) electrons. The first kappa shape index (κ1) is 14.9. The van der Waals surface area contributed by atoms with Gasteiger partial charge in [0, 0.05) is 6.08 Å². The minimum atomic E-state index is -0.981. The average Bonchev–Trinajstić information content (AvgIpc) is 2.06. The Bertz CT molecular complexity index is 177. The quantitative estimate of drug-likeness (QED) is 0.372. The number of carboxylic acids is 1. The van der Waals surface area contributed by atoms with Crippen molar-refractivity contribution in [1.29, 1.82) is 0 Å². The van der Waals surface area contributed by atoms with E-state index < -0.39 is 5.97 Å². The lowest BCUT2D eigenvalue weighted by Crippen LogP contribution is -2.12. The van der Waals surface area contributed by atoms with Crippen molar-refractivity contribution in [2.45, 2.75) is 17.8 Å². The van der Waals surface area contributed by atoms with Gasteiger partial charge in [0.25, 0.3) is 0 Å². The van der Waals surface area contributed by atoms with Crippen LogP contribution < -0.4 is 0 Å². The number of ether oxygens (including phenoxy) is 1. The summed E-state index contributed by atoms with van der Waals surface area (Å²) in [6.07, 6.45) is 0.833. The SMILES string of the molecule is C=CC(=O)O.CCOC(=O)C(C)I. The fourth-order valence-electron chi connectivity index (χ4n) is 0.257. The predicted molar refractivity (Wildman–Crippen MR) is 57.9 cm³/mol. The Kier molecular flexibility index (Phi) is 10.9. The van der Waals surface area contributed by atoms with Gasteiger partial charge < -0.3 is 9.84 Å². The van der Waals surface area contributed by atoms with E-state index in [0.29, 0.717) is 6.61 Å². The highest BCUT2D eigenvalue weighted by molar-refractivity contribution is 14.1. The first-order chi connectivity index (χ1) is 5.95. The molecule has 0 fully saturated rings. The molecule has 0 bridgehead atoms. The zero-order valence-corrected chi connectivity index (χ0v) is 9.78. The van der Waals surface area contributed by atoms with Crippen molar-refractivity contribution < 1.29 is 19.4 Å². The van der Waals surface area contributed by atoms with E-state index in [1.54, 1.807) is 13.8 Å². The van der Waals surface area contributed by atoms with Crippen molar-refractivity contribution in [3.05, 3.63) is 12.7 Å². The Balaban J connectivity index is 0. The van der Waals surface area contributed by atoms with E-state index in [1.807, 2.05) is 22.6 Å². The minimum absolute atomic E-state index is 0.0208. The van der Waals surface area contributed by atoms with Crippen molar-refractivity contribution >= 4 is 34.5 Å². The largest absolute Gasteiger partial charge is 0.478 e. The monoisotopic (exact) mass is 300 g/mol. The van der Waals surface area contributed by atoms with E-state index in [0.717, 1.165) is 6.08 Å². The van der Waals surface area contributed by atoms with Gasteiger partial charge in [-0.25, -0.2) is 4.79 Å². The lowest BCUT2D eigenvalue weighted by molar-refractivity contribution is -0.141. The van der Waals surface area contributed by atoms with Crippen LogP contribution in [0, 0.1) is 0 Å². The van der Waals surface area contributed by atoms with Crippen molar-refractivity contribution in [3.8, 4) is 0 Å². The number of rotatable bonds is 3. The second-order valence-electron chi connectivity index (χ2n) is 1.91. The van der Waals surface area contributed by atoms with Gasteiger partial charge in [-0.15, -0.1) is 0 Å². The topological polar surface area (TPSA) is 63.6 Å². The second kappa shape index (κ2) is 9.50. The number of carbonyl (C=O) groups excluding carboxylic acids is 1. The molecule has 5 heteroatoms. The Morgan fingerprint density at radius 1 is 1.69 bits per heavy atom. The van der Waals surface area contributed by atoms with Crippen LogP contribution >= 0.6 is 22.6 Å². The van der Waals surface area contributed by atoms with Crippen LogP contribution in [0.15, 0.2) is 12.7 Å². The predicted octanol–water partition coefficient (Wildman–Crippen LogP) is 1.63. The van der Waals surface area contributed by atoms with E-state index in [1.165, 1.54) is 0 Å². The molecule has 13 heavy (non-hydrogen) atoms. The van der Waals surface area contributed by atoms with Crippen LogP contribution in [0.2, 0.25) is 0 Å². The molecule has 1 N–H and O–H groups in total. The molecule has 0 aliphatic heterocycles. The number of aliphatic carboxylic acids is 1. The van der Waals surface area contributed by atoms with Gasteiger partial charge in [0.2, 0.25) is 0 Å². The zero-order chi connectivity index (χ0) is 10.9. The summed E-state index contributed by atoms with van der Waals surface area (Å²) in [6, 6.07) is 0. The number of carboxylic acid groups (broad SMARTS) is 1. The summed E-state index contributed by atoms with van der Waals surface area (Å²) in [6.45, 7) is 7.05. The smallest absolute Gasteiger partial charge is 0.327 e. The molecular formula is C8H13IO4. The third-order valence-corrected chi connectivity index (χ3v) is 1.29. The summed E-state index contributed by atoms with van der Waals surface area (Å²) in [5, 5.41) is 7.60. The highest BCUT2D eigenvalue weighted by Crippen LogP contribution is 1.99. The molecule has 0 aromatic rings. The molecule has 0 aliphatic rings. The van der Waals surface area contributed by atoms with Crippen LogP contribution in [0.25, 0.3) is 0 Å². The molecule has 1 atom stereocenters. The summed E-state index contributed by atoms with van der Waals surface area (Å²) in [5.74, 6) is -1.11. The van der Waals surface area contributed by atoms with Gasteiger partial charge in [0.1, 0.15) is 3.92 Å². The molecule has 0 aromatic heterocycles. The molecule has 0 heterocycles. The van der Waals surface area contributed by atoms with Gasteiger partial charge >= 0.3 is 11.9 Å². The summed E-state index contributed by atoms with van der Waals surface area (Å²) >= 11 is 2.02. The number of carbonyl (C=O) groups is 2. The molecule has 0 saturated carbocycles. The number of esters is 1. The lowest BCUT2D eigenvalue weighted by atomic mass is 10.5. The Morgan fingerprint density at radius 2 is 2.08 bits per heavy atom. The lowest BCUT2D eigenvalue weighted by Gasteiger charge is -2.00. The third-order valence-electron chi connectivity index (χ3n) is 0.786. The fraction of sp³-hybridized carbons (Fsp3) is 0.500. The summed E-state index contributed by atoms with van der Waals surface area (Å²) in [5.41, 5.74) is 0. The van der Waals surface area contributed by atoms with Crippen LogP contribution in [0.4, 0.5) is 0 Å². The molecule has 0 amide bonds. The molecule has 1 unspecified atom stereocenters. The summed E-state index contributed by atoms with van der Waals surface area (Å²) in [7, 11) is 0. The number of halogens is 1. The number of hydrogen-bond acceptors (Lipinski definition) is 3. The van der Waals surface area contributed by atoms with Crippen molar-refractivity contribution in [1.82, 2.24) is 0 Å². The molecule has 76 valence electrons. The minimum Gasteiger partial charge on any atom is -0.478 e. The molecular weight excluding hydrogens is 287 g/mol. The van der Waals surface area contributed by atoms with E-state index in [9.17, 15) is 9.59 Å². The Hall–Kier alpha value is -0.590. The first-order valence-electron chi connectivity index (χ1n) is 3.61. The van der Waals surface area contributed by atoms with Gasteiger partial charge in [-0.2, -0.15) is 0 Å². The number of hydrogen-bond donors (Lipinski definition) is 1. The molecule has 4 nitrogen and oxygen atoms in total. The van der Waals surface area contributed by atoms with Crippen LogP contribution in [0.1, 0.15) is 13.8 Å². The van der Waals surface area contributed by atoms with Crippen LogP contribution in [-0.4, -0.2) is 27.6 Å². The molecule has 0 rings (SSSR count). The van der Waals surface area contributed by atoms with Crippen molar-refractivity contribution in [2.75, 3.05) is 6.61 Å².